The third-order valence-electron chi connectivity index (χ3n) is 8.19. The van der Waals surface area contributed by atoms with Crippen LogP contribution < -0.4 is 10.2 Å². The molecule has 3 aliphatic rings. The highest BCUT2D eigenvalue weighted by Gasteiger charge is 2.26. The maximum Gasteiger partial charge on any atom is 0.227 e. The zero-order chi connectivity index (χ0) is 23.8. The van der Waals surface area contributed by atoms with Gasteiger partial charge in [-0.2, -0.15) is 5.26 Å². The van der Waals surface area contributed by atoms with Gasteiger partial charge in [-0.05, 0) is 69.1 Å². The normalized spacial score (nSPS) is 22.1. The van der Waals surface area contributed by atoms with E-state index in [0.29, 0.717) is 17.5 Å². The number of rotatable bonds is 8. The fourth-order valence-corrected chi connectivity index (χ4v) is 6.17. The first-order valence-electron chi connectivity index (χ1n) is 13.5. The Kier molecular flexibility index (Phi) is 8.85. The third-order valence-corrected chi connectivity index (χ3v) is 8.19. The second-order valence-electron chi connectivity index (χ2n) is 10.5. The number of nitrogens with one attached hydrogen (secondary N) is 1. The van der Waals surface area contributed by atoms with Crippen LogP contribution in [0.1, 0.15) is 89.0 Å². The van der Waals surface area contributed by atoms with Gasteiger partial charge in [-0.1, -0.05) is 38.5 Å². The van der Waals surface area contributed by atoms with Gasteiger partial charge in [0.1, 0.15) is 6.07 Å². The predicted molar refractivity (Wildman–Crippen MR) is 136 cm³/mol. The highest BCUT2D eigenvalue weighted by atomic mass is 16.2. The molecule has 2 saturated carbocycles. The molecule has 0 spiro atoms. The lowest BCUT2D eigenvalue weighted by molar-refractivity contribution is -0.121. The average Bonchev–Trinajstić information content (AvgIpc) is 2.90. The molecule has 1 N–H and O–H groups in total. The second kappa shape index (κ2) is 12.2. The average molecular weight is 465 g/mol. The summed E-state index contributed by atoms with van der Waals surface area (Å²) in [6, 6.07) is 8.55. The van der Waals surface area contributed by atoms with Crippen LogP contribution in [0.2, 0.25) is 0 Å². The van der Waals surface area contributed by atoms with Gasteiger partial charge >= 0.3 is 0 Å². The Balaban J connectivity index is 1.34. The fourth-order valence-electron chi connectivity index (χ4n) is 6.17. The zero-order valence-corrected chi connectivity index (χ0v) is 20.5. The first kappa shape index (κ1) is 24.6. The molecule has 4 rings (SSSR count). The standard InChI is InChI=1S/C28H40N4O2/c29-19-24-18-25(30-28(34)23-9-3-1-4-10-23)13-14-27(24)31-16-7-8-22(20-31)15-17-32(21-33)26-11-5-2-6-12-26/h13-14,18,21-23,26H,1-12,15-17,20H2,(H,30,34). The Morgan fingerprint density at radius 3 is 2.50 bits per heavy atom. The lowest BCUT2D eigenvalue weighted by Crippen LogP contribution is -2.40. The van der Waals surface area contributed by atoms with Crippen LogP contribution >= 0.6 is 0 Å². The van der Waals surface area contributed by atoms with Crippen molar-refractivity contribution in [2.75, 3.05) is 29.9 Å². The van der Waals surface area contributed by atoms with E-state index in [0.717, 1.165) is 88.8 Å². The number of amides is 2. The van der Waals surface area contributed by atoms with Crippen molar-refractivity contribution in [1.82, 2.24) is 4.90 Å². The summed E-state index contributed by atoms with van der Waals surface area (Å²) in [5.74, 6) is 0.713. The summed E-state index contributed by atoms with van der Waals surface area (Å²) in [6.45, 7) is 2.70. The van der Waals surface area contributed by atoms with Crippen LogP contribution in [-0.2, 0) is 9.59 Å². The lowest BCUT2D eigenvalue weighted by atomic mass is 9.88. The van der Waals surface area contributed by atoms with Crippen molar-refractivity contribution in [3.8, 4) is 6.07 Å². The van der Waals surface area contributed by atoms with Gasteiger partial charge in [-0.15, -0.1) is 0 Å². The molecule has 0 aromatic heterocycles. The Morgan fingerprint density at radius 1 is 1.06 bits per heavy atom. The van der Waals surface area contributed by atoms with Crippen LogP contribution in [0.3, 0.4) is 0 Å². The van der Waals surface area contributed by atoms with E-state index in [4.69, 9.17) is 0 Å². The summed E-state index contributed by atoms with van der Waals surface area (Å²) in [4.78, 5) is 28.7. The van der Waals surface area contributed by atoms with Crippen LogP contribution in [0.25, 0.3) is 0 Å². The Hall–Kier alpha value is -2.55. The minimum atomic E-state index is 0.0899. The molecular formula is C28H40N4O2. The molecule has 0 radical (unpaired) electrons. The van der Waals surface area contributed by atoms with Crippen molar-refractivity contribution in [1.29, 1.82) is 5.26 Å². The van der Waals surface area contributed by atoms with Gasteiger partial charge in [0.15, 0.2) is 0 Å². The third kappa shape index (κ3) is 6.31. The van der Waals surface area contributed by atoms with Crippen LogP contribution in [0.4, 0.5) is 11.4 Å². The summed E-state index contributed by atoms with van der Waals surface area (Å²) in [5.41, 5.74) is 2.31. The molecular weight excluding hydrogens is 424 g/mol. The Labute approximate surface area is 204 Å². The summed E-state index contributed by atoms with van der Waals surface area (Å²) in [5, 5.41) is 12.9. The summed E-state index contributed by atoms with van der Waals surface area (Å²) in [6.07, 6.45) is 15.8. The first-order chi connectivity index (χ1) is 16.7. The summed E-state index contributed by atoms with van der Waals surface area (Å²) >= 11 is 0. The molecule has 34 heavy (non-hydrogen) atoms. The van der Waals surface area contributed by atoms with Crippen molar-refractivity contribution in [3.63, 3.8) is 0 Å². The van der Waals surface area contributed by atoms with E-state index in [1.54, 1.807) is 0 Å². The molecule has 1 atom stereocenters. The van der Waals surface area contributed by atoms with Crippen LogP contribution in [0, 0.1) is 23.2 Å². The van der Waals surface area contributed by atoms with E-state index in [2.05, 4.69) is 16.3 Å². The number of nitrogens with zero attached hydrogens (tertiary/aromatic N) is 3. The van der Waals surface area contributed by atoms with Gasteiger partial charge in [0, 0.05) is 37.3 Å². The van der Waals surface area contributed by atoms with Crippen LogP contribution in [-0.4, -0.2) is 42.9 Å². The zero-order valence-electron chi connectivity index (χ0n) is 20.5. The molecule has 1 unspecified atom stereocenters. The van der Waals surface area contributed by atoms with Gasteiger partial charge in [-0.3, -0.25) is 9.59 Å². The number of nitriles is 1. The van der Waals surface area contributed by atoms with Gasteiger partial charge in [0.05, 0.1) is 11.3 Å². The number of carbonyl (C=O) groups excluding carboxylic acids is 2. The molecule has 2 amide bonds. The molecule has 1 heterocycles. The molecule has 0 bridgehead atoms. The summed E-state index contributed by atoms with van der Waals surface area (Å²) in [7, 11) is 0. The highest BCUT2D eigenvalue weighted by molar-refractivity contribution is 5.93. The predicted octanol–water partition coefficient (Wildman–Crippen LogP) is 5.47. The minimum absolute atomic E-state index is 0.0899. The van der Waals surface area contributed by atoms with E-state index in [1.807, 2.05) is 23.1 Å². The molecule has 2 aliphatic carbocycles. The van der Waals surface area contributed by atoms with Crippen molar-refractivity contribution in [2.24, 2.45) is 11.8 Å². The summed E-state index contributed by atoms with van der Waals surface area (Å²) < 4.78 is 0. The maximum absolute atomic E-state index is 12.6. The molecule has 1 saturated heterocycles. The van der Waals surface area contributed by atoms with Gasteiger partial charge < -0.3 is 15.1 Å². The van der Waals surface area contributed by atoms with Crippen LogP contribution in [0.5, 0.6) is 0 Å². The molecule has 1 aromatic carbocycles. The SMILES string of the molecule is N#Cc1cc(NC(=O)C2CCCCC2)ccc1N1CCCC(CCN(C=O)C2CCCCC2)C1. The van der Waals surface area contributed by atoms with Crippen LogP contribution in [0.15, 0.2) is 18.2 Å². The van der Waals surface area contributed by atoms with E-state index < -0.39 is 0 Å². The van der Waals surface area contributed by atoms with Crippen molar-refractivity contribution in [2.45, 2.75) is 89.5 Å². The van der Waals surface area contributed by atoms with Gasteiger partial charge in [0.2, 0.25) is 12.3 Å². The molecule has 6 nitrogen and oxygen atoms in total. The number of hydrogen-bond acceptors (Lipinski definition) is 4. The molecule has 6 heteroatoms. The molecule has 1 aliphatic heterocycles. The number of hydrogen-bond donors (Lipinski definition) is 1. The van der Waals surface area contributed by atoms with E-state index in [-0.39, 0.29) is 11.8 Å². The number of carbonyl (C=O) groups is 2. The highest BCUT2D eigenvalue weighted by Crippen LogP contribution is 2.31. The molecule has 1 aromatic rings. The van der Waals surface area contributed by atoms with E-state index in [1.165, 1.54) is 32.1 Å². The molecule has 184 valence electrons. The maximum atomic E-state index is 12.6. The van der Waals surface area contributed by atoms with Gasteiger partial charge in [-0.25, -0.2) is 0 Å². The molecule has 3 fully saturated rings. The van der Waals surface area contributed by atoms with E-state index >= 15 is 0 Å². The van der Waals surface area contributed by atoms with Gasteiger partial charge in [0.25, 0.3) is 0 Å². The quantitative estimate of drug-likeness (QED) is 0.517. The first-order valence-corrected chi connectivity index (χ1v) is 13.5. The topological polar surface area (TPSA) is 76.4 Å². The monoisotopic (exact) mass is 464 g/mol. The Morgan fingerprint density at radius 2 is 1.79 bits per heavy atom. The number of benzene rings is 1. The van der Waals surface area contributed by atoms with Crippen molar-refractivity contribution < 1.29 is 9.59 Å². The second-order valence-corrected chi connectivity index (χ2v) is 10.5. The lowest BCUT2D eigenvalue weighted by Gasteiger charge is -2.37. The Bertz CT molecular complexity index is 868. The largest absolute Gasteiger partial charge is 0.370 e. The van der Waals surface area contributed by atoms with Crippen molar-refractivity contribution in [3.05, 3.63) is 23.8 Å². The number of piperidine rings is 1. The smallest absolute Gasteiger partial charge is 0.227 e. The minimum Gasteiger partial charge on any atom is -0.370 e. The fraction of sp³-hybridized carbons (Fsp3) is 0.679. The number of anilines is 2. The van der Waals surface area contributed by atoms with E-state index in [9.17, 15) is 14.9 Å². The van der Waals surface area contributed by atoms with Crippen molar-refractivity contribution >= 4 is 23.7 Å².